The van der Waals surface area contributed by atoms with Crippen LogP contribution in [0.15, 0.2) is 36.4 Å². The molecule has 1 amide bonds. The first kappa shape index (κ1) is 30.8. The van der Waals surface area contributed by atoms with Gasteiger partial charge in [0.2, 0.25) is 12.7 Å². The molecule has 3 unspecified atom stereocenters. The number of hydrogen-bond donors (Lipinski definition) is 3. The maximum Gasteiger partial charge on any atom is 0.244 e. The lowest BCUT2D eigenvalue weighted by Crippen LogP contribution is -2.68. The quantitative estimate of drug-likeness (QED) is 0.333. The van der Waals surface area contributed by atoms with E-state index in [4.69, 9.17) is 14.2 Å². The third kappa shape index (κ3) is 4.77. The molecule has 2 bridgehead atoms. The lowest BCUT2D eigenvalue weighted by molar-refractivity contribution is -0.117. The topological polar surface area (TPSA) is 128 Å². The van der Waals surface area contributed by atoms with E-state index in [1.165, 1.54) is 13.2 Å². The summed E-state index contributed by atoms with van der Waals surface area (Å²) in [6.07, 6.45) is 3.93. The molecule has 3 N–H and O–H groups in total. The fraction of sp³-hybridized carbons (Fsp3) is 0.389. The van der Waals surface area contributed by atoms with Crippen LogP contribution in [0, 0.1) is 25.2 Å². The monoisotopic (exact) mass is 640 g/mol. The summed E-state index contributed by atoms with van der Waals surface area (Å²) in [6, 6.07) is 9.42. The van der Waals surface area contributed by atoms with Crippen molar-refractivity contribution in [3.8, 4) is 34.8 Å². The Bertz CT molecular complexity index is 1850. The molecule has 11 heteroatoms. The van der Waals surface area contributed by atoms with Gasteiger partial charge in [-0.05, 0) is 68.1 Å². The Kier molecular flexibility index (Phi) is 7.73. The highest BCUT2D eigenvalue weighted by Crippen LogP contribution is 2.58. The van der Waals surface area contributed by atoms with Gasteiger partial charge in [-0.1, -0.05) is 24.3 Å². The SMILES string of the molecule is COc1c(C)cc2c(c1O)C1[C@@H]3Cc4c(O)c(C)c5c(c4C(CNC(=O)/C=C/c4cccc(CF)c4)N3[C@@H](C#N)C(C2)N1C)OCO5. The third-order valence-corrected chi connectivity index (χ3v) is 10.3. The van der Waals surface area contributed by atoms with E-state index in [-0.39, 0.29) is 48.9 Å². The van der Waals surface area contributed by atoms with E-state index in [1.807, 2.05) is 20.0 Å². The van der Waals surface area contributed by atoms with Crippen molar-refractivity contribution in [3.63, 3.8) is 0 Å². The largest absolute Gasteiger partial charge is 0.507 e. The van der Waals surface area contributed by atoms with Gasteiger partial charge < -0.3 is 29.7 Å². The number of likely N-dealkylation sites (N-methyl/N-ethyl adjacent to an activating group) is 1. The first-order chi connectivity index (χ1) is 22.7. The van der Waals surface area contributed by atoms with Crippen LogP contribution in [-0.4, -0.2) is 71.5 Å². The number of aryl methyl sites for hydroxylation is 1. The van der Waals surface area contributed by atoms with Gasteiger partial charge in [0.15, 0.2) is 23.0 Å². The number of aromatic hydroxyl groups is 2. The number of phenolic OH excluding ortho intramolecular Hbond substituents is 2. The number of amides is 1. The maximum atomic E-state index is 13.2. The van der Waals surface area contributed by atoms with Crippen LogP contribution < -0.4 is 19.5 Å². The summed E-state index contributed by atoms with van der Waals surface area (Å²) in [7, 11) is 3.51. The normalized spacial score (nSPS) is 24.3. The van der Waals surface area contributed by atoms with E-state index < -0.39 is 18.8 Å². The molecule has 3 aromatic carbocycles. The summed E-state index contributed by atoms with van der Waals surface area (Å²) in [5.41, 5.74) is 5.67. The van der Waals surface area contributed by atoms with Gasteiger partial charge in [-0.2, -0.15) is 5.26 Å². The molecular weight excluding hydrogens is 603 g/mol. The average Bonchev–Trinajstić information content (AvgIpc) is 3.56. The number of phenols is 2. The first-order valence-corrected chi connectivity index (χ1v) is 15.7. The molecule has 47 heavy (non-hydrogen) atoms. The standard InChI is InChI=1S/C36H37FN4O6/c1-18-10-22-12-24-26(15-38)41-25(31(40(24)3)29(22)33(44)34(18)45-4)13-23-30(36-35(46-17-47-36)19(2)32(23)43)27(41)16-39-28(42)9-8-20-6-5-7-21(11-20)14-37/h5-11,24-27,31,43-44H,12-14,16-17H2,1-4H3,(H,39,42)/b9-8+/t24?,25-,26-,27?,31?/m0/s1. The van der Waals surface area contributed by atoms with Crippen LogP contribution in [0.3, 0.4) is 0 Å². The van der Waals surface area contributed by atoms with Crippen LogP contribution in [0.1, 0.15) is 56.6 Å². The predicted octanol–water partition coefficient (Wildman–Crippen LogP) is 4.52. The average molecular weight is 641 g/mol. The minimum Gasteiger partial charge on any atom is -0.507 e. The summed E-state index contributed by atoms with van der Waals surface area (Å²) in [5.74, 6) is 1.18. The third-order valence-electron chi connectivity index (χ3n) is 10.3. The van der Waals surface area contributed by atoms with E-state index in [9.17, 15) is 24.7 Å². The van der Waals surface area contributed by atoms with Crippen molar-refractivity contribution in [3.05, 3.63) is 80.9 Å². The number of nitrogens with one attached hydrogen (secondary N) is 1. The van der Waals surface area contributed by atoms with Gasteiger partial charge in [0.25, 0.3) is 0 Å². The number of halogens is 1. The van der Waals surface area contributed by atoms with Crippen molar-refractivity contribution in [1.29, 1.82) is 5.26 Å². The molecule has 4 aliphatic rings. The first-order valence-electron chi connectivity index (χ1n) is 15.7. The number of piperazine rings is 1. The maximum absolute atomic E-state index is 13.2. The van der Waals surface area contributed by atoms with Crippen molar-refractivity contribution < 1.29 is 33.6 Å². The minimum absolute atomic E-state index is 0.00862. The van der Waals surface area contributed by atoms with Crippen LogP contribution in [0.5, 0.6) is 28.7 Å². The second-order valence-electron chi connectivity index (χ2n) is 12.7. The molecule has 4 heterocycles. The highest BCUT2D eigenvalue weighted by atomic mass is 19.1. The molecule has 0 aliphatic carbocycles. The number of carbonyl (C=O) groups excluding carboxylic acids is 1. The number of ether oxygens (including phenoxy) is 3. The zero-order chi connectivity index (χ0) is 33.1. The van der Waals surface area contributed by atoms with Crippen LogP contribution >= 0.6 is 0 Å². The van der Waals surface area contributed by atoms with Crippen LogP contribution in [0.25, 0.3) is 6.08 Å². The lowest BCUT2D eigenvalue weighted by Gasteiger charge is -2.60. The Morgan fingerprint density at radius 1 is 1.15 bits per heavy atom. The van der Waals surface area contributed by atoms with Gasteiger partial charge in [-0.15, -0.1) is 0 Å². The number of carbonyl (C=O) groups is 1. The molecule has 0 spiro atoms. The summed E-state index contributed by atoms with van der Waals surface area (Å²) < 4.78 is 30.6. The highest BCUT2D eigenvalue weighted by Gasteiger charge is 2.56. The molecule has 7 rings (SSSR count). The van der Waals surface area contributed by atoms with Crippen molar-refractivity contribution in [2.24, 2.45) is 0 Å². The molecule has 244 valence electrons. The molecule has 1 saturated heterocycles. The second-order valence-corrected chi connectivity index (χ2v) is 12.7. The number of alkyl halides is 1. The Morgan fingerprint density at radius 2 is 1.94 bits per heavy atom. The number of fused-ring (bicyclic) bond motifs is 9. The number of hydrogen-bond acceptors (Lipinski definition) is 9. The molecule has 1 fully saturated rings. The summed E-state index contributed by atoms with van der Waals surface area (Å²) in [5, 5.41) is 37.0. The Labute approximate surface area is 272 Å². The van der Waals surface area contributed by atoms with Crippen molar-refractivity contribution in [1.82, 2.24) is 15.1 Å². The Hall–Kier alpha value is -4.79. The molecule has 4 aliphatic heterocycles. The van der Waals surface area contributed by atoms with Gasteiger partial charge >= 0.3 is 0 Å². The zero-order valence-electron chi connectivity index (χ0n) is 26.7. The van der Waals surface area contributed by atoms with E-state index in [0.717, 1.165) is 16.7 Å². The van der Waals surface area contributed by atoms with Crippen LogP contribution in [0.2, 0.25) is 0 Å². The number of nitriles is 1. The summed E-state index contributed by atoms with van der Waals surface area (Å²) >= 11 is 0. The van der Waals surface area contributed by atoms with Crippen molar-refractivity contribution in [2.75, 3.05) is 27.5 Å². The molecule has 3 aromatic rings. The number of nitrogens with zero attached hydrogens (tertiary/aromatic N) is 3. The number of benzene rings is 3. The van der Waals surface area contributed by atoms with E-state index in [2.05, 4.69) is 21.2 Å². The lowest BCUT2D eigenvalue weighted by atomic mass is 9.71. The number of methoxy groups -OCH3 is 1. The minimum atomic E-state index is -0.597. The van der Waals surface area contributed by atoms with Crippen LogP contribution in [0.4, 0.5) is 4.39 Å². The Morgan fingerprint density at radius 3 is 2.68 bits per heavy atom. The van der Waals surface area contributed by atoms with Crippen molar-refractivity contribution in [2.45, 2.75) is 63.6 Å². The van der Waals surface area contributed by atoms with Gasteiger partial charge in [-0.25, -0.2) is 4.39 Å². The smallest absolute Gasteiger partial charge is 0.244 e. The zero-order valence-corrected chi connectivity index (χ0v) is 26.7. The van der Waals surface area contributed by atoms with Gasteiger partial charge in [0.05, 0.1) is 25.3 Å². The fourth-order valence-electron chi connectivity index (χ4n) is 8.25. The molecule has 0 saturated carbocycles. The van der Waals surface area contributed by atoms with E-state index >= 15 is 0 Å². The summed E-state index contributed by atoms with van der Waals surface area (Å²) in [4.78, 5) is 17.5. The van der Waals surface area contributed by atoms with Gasteiger partial charge in [-0.3, -0.25) is 14.6 Å². The molecule has 0 aromatic heterocycles. The Balaban J connectivity index is 1.33. The second kappa shape index (κ2) is 11.8. The molecule has 10 nitrogen and oxygen atoms in total. The van der Waals surface area contributed by atoms with Crippen molar-refractivity contribution >= 4 is 12.0 Å². The highest BCUT2D eigenvalue weighted by molar-refractivity contribution is 5.91. The van der Waals surface area contributed by atoms with E-state index in [1.54, 1.807) is 37.3 Å². The number of rotatable bonds is 6. The molecule has 0 radical (unpaired) electrons. The molecular formula is C36H37FN4O6. The van der Waals surface area contributed by atoms with Gasteiger partial charge in [0, 0.05) is 47.0 Å². The van der Waals surface area contributed by atoms with Crippen LogP contribution in [-0.2, 0) is 24.3 Å². The predicted molar refractivity (Wildman–Crippen MR) is 171 cm³/mol. The van der Waals surface area contributed by atoms with Gasteiger partial charge in [0.1, 0.15) is 18.5 Å². The van der Waals surface area contributed by atoms with E-state index in [0.29, 0.717) is 57.9 Å². The summed E-state index contributed by atoms with van der Waals surface area (Å²) in [6.45, 7) is 3.18. The fourth-order valence-corrected chi connectivity index (χ4v) is 8.25. The molecule has 5 atom stereocenters.